The molecule has 3 aromatic rings. The van der Waals surface area contributed by atoms with Gasteiger partial charge in [-0.2, -0.15) is 0 Å². The molecule has 0 bridgehead atoms. The Kier molecular flexibility index (Phi) is 8.54. The Morgan fingerprint density at radius 2 is 1.93 bits per heavy atom. The smallest absolute Gasteiger partial charge is 0.134 e. The molecular formula is C20H25FIN4P. The largest absolute Gasteiger partial charge is 0.346 e. The normalized spacial score (nSPS) is 14.6. The van der Waals surface area contributed by atoms with E-state index in [0.717, 1.165) is 23.8 Å². The Hall–Kier alpha value is -1.63. The summed E-state index contributed by atoms with van der Waals surface area (Å²) >= 11 is 0. The Morgan fingerprint density at radius 3 is 2.56 bits per heavy atom. The van der Waals surface area contributed by atoms with Gasteiger partial charge >= 0.3 is 0 Å². The number of H-pyrrole nitrogens is 1. The lowest BCUT2D eigenvalue weighted by molar-refractivity contribution is 0.571. The van der Waals surface area contributed by atoms with E-state index in [1.54, 1.807) is 12.1 Å². The fourth-order valence-electron chi connectivity index (χ4n) is 2.74. The number of aromatic amines is 1. The van der Waals surface area contributed by atoms with E-state index in [1.807, 2.05) is 37.6 Å². The molecule has 0 fully saturated rings. The molecule has 0 saturated heterocycles. The summed E-state index contributed by atoms with van der Waals surface area (Å²) in [4.78, 5) is 11.9. The molecule has 2 N–H and O–H groups in total. The van der Waals surface area contributed by atoms with Crippen LogP contribution in [-0.2, 0) is 0 Å². The lowest BCUT2D eigenvalue weighted by Crippen LogP contribution is -2.37. The van der Waals surface area contributed by atoms with Crippen LogP contribution in [-0.4, -0.2) is 22.4 Å². The van der Waals surface area contributed by atoms with E-state index in [2.05, 4.69) is 35.6 Å². The fourth-order valence-corrected chi connectivity index (χ4v) is 3.02. The van der Waals surface area contributed by atoms with E-state index >= 15 is 0 Å². The van der Waals surface area contributed by atoms with Gasteiger partial charge in [-0.15, -0.1) is 33.2 Å². The summed E-state index contributed by atoms with van der Waals surface area (Å²) in [5, 5.41) is 4.51. The minimum absolute atomic E-state index is 0. The minimum Gasteiger partial charge on any atom is -0.346 e. The van der Waals surface area contributed by atoms with Gasteiger partial charge in [0.15, 0.2) is 0 Å². The molecule has 1 aliphatic heterocycles. The second kappa shape index (κ2) is 10.6. The third kappa shape index (κ3) is 5.92. The van der Waals surface area contributed by atoms with Crippen molar-refractivity contribution in [2.45, 2.75) is 19.5 Å². The number of benzene rings is 1. The molecule has 4 rings (SSSR count). The SMILES string of the molecule is Cc1ccc(F)cc1.I.PCNC1CC=c2c(-c3ccncc3)c[nH]c2=N1.[HH]. The Balaban J connectivity index is 0.000000336. The Morgan fingerprint density at radius 1 is 1.22 bits per heavy atom. The summed E-state index contributed by atoms with van der Waals surface area (Å²) in [6, 6.07) is 10.4. The summed E-state index contributed by atoms with van der Waals surface area (Å²) in [5.74, 6) is -0.171. The zero-order valence-corrected chi connectivity index (χ0v) is 18.5. The van der Waals surface area contributed by atoms with Crippen LogP contribution in [0.4, 0.5) is 4.39 Å². The second-order valence-corrected chi connectivity index (χ2v) is 6.40. The van der Waals surface area contributed by atoms with Crippen LogP contribution < -0.4 is 16.0 Å². The van der Waals surface area contributed by atoms with E-state index in [4.69, 9.17) is 0 Å². The number of halogens is 2. The van der Waals surface area contributed by atoms with E-state index < -0.39 is 0 Å². The number of nitrogens with zero attached hydrogens (tertiary/aromatic N) is 2. The lowest BCUT2D eigenvalue weighted by atomic mass is 10.1. The van der Waals surface area contributed by atoms with Crippen LogP contribution in [0.25, 0.3) is 17.2 Å². The van der Waals surface area contributed by atoms with Crippen molar-refractivity contribution in [3.05, 3.63) is 77.1 Å². The maximum atomic E-state index is 12.1. The number of nitrogens with one attached hydrogen (secondary N) is 2. The maximum Gasteiger partial charge on any atom is 0.134 e. The molecule has 4 nitrogen and oxygen atoms in total. The number of aromatic nitrogens is 2. The minimum atomic E-state index is -0.171. The number of aryl methyl sites for hydroxylation is 1. The first-order valence-corrected chi connectivity index (χ1v) is 9.30. The molecule has 0 saturated carbocycles. The van der Waals surface area contributed by atoms with Gasteiger partial charge in [0.05, 0.1) is 0 Å². The summed E-state index contributed by atoms with van der Waals surface area (Å²) in [5.41, 5.74) is 4.42. The monoisotopic (exact) mass is 498 g/mol. The van der Waals surface area contributed by atoms with Crippen molar-refractivity contribution in [2.24, 2.45) is 4.99 Å². The molecule has 0 amide bonds. The first-order chi connectivity index (χ1) is 12.7. The molecule has 1 aliphatic rings. The zero-order chi connectivity index (χ0) is 18.4. The molecule has 0 radical (unpaired) electrons. The van der Waals surface area contributed by atoms with Gasteiger partial charge in [0, 0.05) is 43.5 Å². The molecule has 3 heterocycles. The lowest BCUT2D eigenvalue weighted by Gasteiger charge is -2.12. The number of fused-ring (bicyclic) bond motifs is 1. The van der Waals surface area contributed by atoms with Crippen molar-refractivity contribution in [1.82, 2.24) is 15.3 Å². The first-order valence-electron chi connectivity index (χ1n) is 8.49. The van der Waals surface area contributed by atoms with E-state index in [1.165, 1.54) is 28.5 Å². The Bertz CT molecular complexity index is 943. The van der Waals surface area contributed by atoms with Gasteiger partial charge < -0.3 is 4.98 Å². The molecule has 7 heteroatoms. The third-order valence-corrected chi connectivity index (χ3v) is 4.32. The van der Waals surface area contributed by atoms with Gasteiger partial charge in [-0.25, -0.2) is 9.38 Å². The molecule has 0 aliphatic carbocycles. The number of hydrogen-bond donors (Lipinski definition) is 2. The molecule has 1 aromatic carbocycles. The van der Waals surface area contributed by atoms with Crippen molar-refractivity contribution in [3.63, 3.8) is 0 Å². The number of rotatable bonds is 3. The molecule has 144 valence electrons. The summed E-state index contributed by atoms with van der Waals surface area (Å²) in [7, 11) is 2.66. The highest BCUT2D eigenvalue weighted by Crippen LogP contribution is 2.13. The summed E-state index contributed by atoms with van der Waals surface area (Å²) in [6.45, 7) is 1.93. The van der Waals surface area contributed by atoms with Gasteiger partial charge in [0.25, 0.3) is 0 Å². The van der Waals surface area contributed by atoms with Crippen LogP contribution in [0.1, 0.15) is 13.4 Å². The molecule has 27 heavy (non-hydrogen) atoms. The average Bonchev–Trinajstić information content (AvgIpc) is 3.09. The summed E-state index contributed by atoms with van der Waals surface area (Å²) in [6.07, 6.45) is 9.85. The van der Waals surface area contributed by atoms with Crippen molar-refractivity contribution in [2.75, 3.05) is 6.29 Å². The quantitative estimate of drug-likeness (QED) is 0.428. The van der Waals surface area contributed by atoms with Crippen LogP contribution in [0.3, 0.4) is 0 Å². The van der Waals surface area contributed by atoms with Crippen molar-refractivity contribution in [1.29, 1.82) is 0 Å². The standard InChI is InChI=1S/C13H15N4P.C7H7F.HI.H2/c18-8-16-12-2-1-10-11(7-15-13(10)17-12)9-3-5-14-6-4-9;1-6-2-4-7(8)5-3-6;;/h1,3-7,12,16H,2,8,18H2,(H,15,17);2-5H,1H3;2*1H. The highest BCUT2D eigenvalue weighted by molar-refractivity contribution is 14.0. The third-order valence-electron chi connectivity index (χ3n) is 4.08. The number of pyridine rings is 1. The number of hydrogen-bond acceptors (Lipinski definition) is 3. The zero-order valence-electron chi connectivity index (χ0n) is 15.0. The van der Waals surface area contributed by atoms with Crippen molar-refractivity contribution in [3.8, 4) is 11.1 Å². The van der Waals surface area contributed by atoms with Crippen LogP contribution >= 0.6 is 33.2 Å². The first kappa shape index (κ1) is 21.7. The molecule has 0 spiro atoms. The second-order valence-electron chi connectivity index (χ2n) is 5.99. The topological polar surface area (TPSA) is 53.1 Å². The predicted octanol–water partition coefficient (Wildman–Crippen LogP) is 3.63. The maximum absolute atomic E-state index is 12.1. The molecule has 2 aromatic heterocycles. The fraction of sp³-hybridized carbons (Fsp3) is 0.200. The van der Waals surface area contributed by atoms with Gasteiger partial charge in [-0.05, 0) is 36.8 Å². The van der Waals surface area contributed by atoms with Crippen LogP contribution in [0, 0.1) is 12.7 Å². The Labute approximate surface area is 179 Å². The van der Waals surface area contributed by atoms with Crippen LogP contribution in [0.5, 0.6) is 0 Å². The molecule has 2 unspecified atom stereocenters. The molecule has 2 atom stereocenters. The van der Waals surface area contributed by atoms with Gasteiger partial charge in [0.1, 0.15) is 17.5 Å². The predicted molar refractivity (Wildman–Crippen MR) is 124 cm³/mol. The average molecular weight is 498 g/mol. The van der Waals surface area contributed by atoms with E-state index in [0.29, 0.717) is 0 Å². The van der Waals surface area contributed by atoms with Crippen molar-refractivity contribution >= 4 is 39.3 Å². The molecular weight excluding hydrogens is 473 g/mol. The van der Waals surface area contributed by atoms with E-state index in [-0.39, 0.29) is 37.4 Å². The van der Waals surface area contributed by atoms with Gasteiger partial charge in [-0.3, -0.25) is 10.3 Å². The van der Waals surface area contributed by atoms with E-state index in [9.17, 15) is 4.39 Å². The van der Waals surface area contributed by atoms with Gasteiger partial charge in [-0.1, -0.05) is 23.8 Å². The van der Waals surface area contributed by atoms with Gasteiger partial charge in [0.2, 0.25) is 0 Å². The van der Waals surface area contributed by atoms with Crippen LogP contribution in [0.2, 0.25) is 0 Å². The highest BCUT2D eigenvalue weighted by Gasteiger charge is 2.11. The summed E-state index contributed by atoms with van der Waals surface area (Å²) < 4.78 is 12.1. The van der Waals surface area contributed by atoms with Crippen molar-refractivity contribution < 1.29 is 5.82 Å². The highest BCUT2D eigenvalue weighted by atomic mass is 127. The van der Waals surface area contributed by atoms with Crippen LogP contribution in [0.15, 0.2) is 60.0 Å².